The van der Waals surface area contributed by atoms with Crippen LogP contribution in [0.3, 0.4) is 0 Å². The summed E-state index contributed by atoms with van der Waals surface area (Å²) >= 11 is 9.46. The second-order valence-electron chi connectivity index (χ2n) is 4.60. The largest absolute Gasteiger partial charge is 0.381 e. The van der Waals surface area contributed by atoms with Gasteiger partial charge in [-0.1, -0.05) is 24.4 Å². The third-order valence-electron chi connectivity index (χ3n) is 3.42. The van der Waals surface area contributed by atoms with Crippen molar-refractivity contribution in [1.82, 2.24) is 0 Å². The molecular weight excluding hydrogens is 286 g/mol. The Labute approximate surface area is 111 Å². The molecule has 0 aromatic heterocycles. The van der Waals surface area contributed by atoms with Crippen molar-refractivity contribution in [3.05, 3.63) is 27.7 Å². The van der Waals surface area contributed by atoms with Crippen molar-refractivity contribution >= 4 is 33.2 Å². The first-order valence-corrected chi connectivity index (χ1v) is 7.05. The monoisotopic (exact) mass is 301 g/mol. The average Bonchev–Trinajstić information content (AvgIpc) is 2.75. The molecule has 88 valence electrons. The van der Waals surface area contributed by atoms with Gasteiger partial charge in [0.05, 0.1) is 0 Å². The first-order valence-electron chi connectivity index (χ1n) is 5.88. The molecule has 3 heteroatoms. The van der Waals surface area contributed by atoms with Crippen LogP contribution >= 0.6 is 27.5 Å². The van der Waals surface area contributed by atoms with E-state index in [1.807, 2.05) is 18.2 Å². The first kappa shape index (κ1) is 12.3. The zero-order valence-electron chi connectivity index (χ0n) is 9.47. The fourth-order valence-corrected chi connectivity index (χ4v) is 3.22. The van der Waals surface area contributed by atoms with Crippen LogP contribution in [-0.4, -0.2) is 6.04 Å². The Balaban J connectivity index is 2.02. The first-order chi connectivity index (χ1) is 7.66. The maximum absolute atomic E-state index is 5.92. The van der Waals surface area contributed by atoms with Gasteiger partial charge in [0.25, 0.3) is 0 Å². The van der Waals surface area contributed by atoms with Gasteiger partial charge in [0.15, 0.2) is 0 Å². The molecule has 0 bridgehead atoms. The van der Waals surface area contributed by atoms with Crippen LogP contribution in [0.4, 0.5) is 5.69 Å². The molecule has 1 fully saturated rings. The molecule has 16 heavy (non-hydrogen) atoms. The normalized spacial score (nSPS) is 18.7. The van der Waals surface area contributed by atoms with Gasteiger partial charge >= 0.3 is 0 Å². The highest BCUT2D eigenvalue weighted by Gasteiger charge is 2.21. The molecule has 1 N–H and O–H groups in total. The van der Waals surface area contributed by atoms with E-state index in [2.05, 4.69) is 28.2 Å². The minimum atomic E-state index is 0.542. The lowest BCUT2D eigenvalue weighted by molar-refractivity contribution is 0.482. The van der Waals surface area contributed by atoms with Crippen molar-refractivity contribution in [2.45, 2.75) is 38.6 Å². The van der Waals surface area contributed by atoms with Gasteiger partial charge in [0.1, 0.15) is 0 Å². The van der Waals surface area contributed by atoms with Gasteiger partial charge in [0.2, 0.25) is 0 Å². The summed E-state index contributed by atoms with van der Waals surface area (Å²) in [5.41, 5.74) is 1.14. The molecule has 1 aliphatic rings. The van der Waals surface area contributed by atoms with E-state index in [0.29, 0.717) is 6.04 Å². The predicted molar refractivity (Wildman–Crippen MR) is 74.2 cm³/mol. The van der Waals surface area contributed by atoms with Gasteiger partial charge in [-0.3, -0.25) is 0 Å². The van der Waals surface area contributed by atoms with Crippen molar-refractivity contribution in [2.75, 3.05) is 5.32 Å². The van der Waals surface area contributed by atoms with E-state index >= 15 is 0 Å². The molecular formula is C13H17BrClN. The Hall–Kier alpha value is -0.210. The van der Waals surface area contributed by atoms with Crippen LogP contribution in [-0.2, 0) is 0 Å². The predicted octanol–water partition coefficient (Wildman–Crippen LogP) is 5.09. The molecule has 1 unspecified atom stereocenters. The molecule has 1 aromatic carbocycles. The van der Waals surface area contributed by atoms with E-state index in [4.69, 9.17) is 11.6 Å². The summed E-state index contributed by atoms with van der Waals surface area (Å²) < 4.78 is 1.05. The zero-order chi connectivity index (χ0) is 11.5. The molecule has 0 aliphatic heterocycles. The van der Waals surface area contributed by atoms with Crippen molar-refractivity contribution in [2.24, 2.45) is 5.92 Å². The Bertz CT molecular complexity index is 361. The number of anilines is 1. The maximum Gasteiger partial charge on any atom is 0.0487 e. The van der Waals surface area contributed by atoms with Crippen molar-refractivity contribution < 1.29 is 0 Å². The molecule has 0 spiro atoms. The van der Waals surface area contributed by atoms with Gasteiger partial charge < -0.3 is 5.32 Å². The lowest BCUT2D eigenvalue weighted by Gasteiger charge is -2.22. The second-order valence-corrected chi connectivity index (χ2v) is 5.89. The van der Waals surface area contributed by atoms with Crippen LogP contribution in [0.1, 0.15) is 32.6 Å². The van der Waals surface area contributed by atoms with Crippen LogP contribution in [0.25, 0.3) is 0 Å². The van der Waals surface area contributed by atoms with Crippen LogP contribution in [0.15, 0.2) is 22.7 Å². The quantitative estimate of drug-likeness (QED) is 0.819. The molecule has 2 rings (SSSR count). The van der Waals surface area contributed by atoms with E-state index in [1.165, 1.54) is 25.7 Å². The van der Waals surface area contributed by atoms with Gasteiger partial charge in [-0.15, -0.1) is 0 Å². The second kappa shape index (κ2) is 5.42. The minimum Gasteiger partial charge on any atom is -0.381 e. The molecule has 0 amide bonds. The Kier molecular flexibility index (Phi) is 4.15. The van der Waals surface area contributed by atoms with Crippen LogP contribution in [0.2, 0.25) is 5.02 Å². The van der Waals surface area contributed by atoms with Crippen molar-refractivity contribution in [1.29, 1.82) is 0 Å². The lowest BCUT2D eigenvalue weighted by atomic mass is 9.99. The Morgan fingerprint density at radius 3 is 2.69 bits per heavy atom. The summed E-state index contributed by atoms with van der Waals surface area (Å²) in [6.07, 6.45) is 5.50. The maximum atomic E-state index is 5.92. The molecule has 1 aliphatic carbocycles. The third-order valence-corrected chi connectivity index (χ3v) is 4.31. The average molecular weight is 303 g/mol. The topological polar surface area (TPSA) is 12.0 Å². The van der Waals surface area contributed by atoms with Gasteiger partial charge in [-0.25, -0.2) is 0 Å². The van der Waals surface area contributed by atoms with E-state index in [1.54, 1.807) is 0 Å². The zero-order valence-corrected chi connectivity index (χ0v) is 11.8. The van der Waals surface area contributed by atoms with E-state index in [0.717, 1.165) is 21.1 Å². The molecule has 0 radical (unpaired) electrons. The summed E-state index contributed by atoms with van der Waals surface area (Å²) in [5.74, 6) is 0.822. The van der Waals surface area contributed by atoms with Crippen molar-refractivity contribution in [3.8, 4) is 0 Å². The SMILES string of the molecule is CC(Nc1ccc(Cl)cc1Br)C1CCCC1. The van der Waals surface area contributed by atoms with E-state index in [9.17, 15) is 0 Å². The van der Waals surface area contributed by atoms with E-state index in [-0.39, 0.29) is 0 Å². The number of hydrogen-bond acceptors (Lipinski definition) is 1. The number of rotatable bonds is 3. The molecule has 1 saturated carbocycles. The number of benzene rings is 1. The van der Waals surface area contributed by atoms with Crippen LogP contribution in [0, 0.1) is 5.92 Å². The summed E-state index contributed by atoms with van der Waals surface area (Å²) in [7, 11) is 0. The summed E-state index contributed by atoms with van der Waals surface area (Å²) in [6, 6.07) is 6.44. The summed E-state index contributed by atoms with van der Waals surface area (Å²) in [4.78, 5) is 0. The minimum absolute atomic E-state index is 0.542. The molecule has 0 saturated heterocycles. The number of hydrogen-bond donors (Lipinski definition) is 1. The third kappa shape index (κ3) is 2.92. The summed E-state index contributed by atoms with van der Waals surface area (Å²) in [5, 5.41) is 4.34. The number of halogens is 2. The standard InChI is InChI=1S/C13H17BrClN/c1-9(10-4-2-3-5-10)16-13-7-6-11(15)8-12(13)14/h6-10,16H,2-5H2,1H3. The van der Waals surface area contributed by atoms with Gasteiger partial charge in [-0.2, -0.15) is 0 Å². The lowest BCUT2D eigenvalue weighted by Crippen LogP contribution is -2.23. The molecule has 0 heterocycles. The molecule has 1 atom stereocenters. The van der Waals surface area contributed by atoms with E-state index < -0.39 is 0 Å². The fraction of sp³-hybridized carbons (Fsp3) is 0.538. The fourth-order valence-electron chi connectivity index (χ4n) is 2.43. The highest BCUT2D eigenvalue weighted by molar-refractivity contribution is 9.10. The molecule has 1 aromatic rings. The van der Waals surface area contributed by atoms with Crippen LogP contribution in [0.5, 0.6) is 0 Å². The smallest absolute Gasteiger partial charge is 0.0487 e. The van der Waals surface area contributed by atoms with Gasteiger partial charge in [-0.05, 0) is 59.8 Å². The van der Waals surface area contributed by atoms with Crippen molar-refractivity contribution in [3.63, 3.8) is 0 Å². The Morgan fingerprint density at radius 2 is 2.06 bits per heavy atom. The summed E-state index contributed by atoms with van der Waals surface area (Å²) in [6.45, 7) is 2.27. The number of nitrogens with one attached hydrogen (secondary N) is 1. The highest BCUT2D eigenvalue weighted by atomic mass is 79.9. The highest BCUT2D eigenvalue weighted by Crippen LogP contribution is 2.32. The van der Waals surface area contributed by atoms with Gasteiger partial charge in [0, 0.05) is 21.2 Å². The molecule has 1 nitrogen and oxygen atoms in total. The Morgan fingerprint density at radius 1 is 1.38 bits per heavy atom. The van der Waals surface area contributed by atoms with Crippen LogP contribution < -0.4 is 5.32 Å².